The third-order valence-electron chi connectivity index (χ3n) is 3.49. The molecule has 2 N–H and O–H groups in total. The average Bonchev–Trinajstić information content (AvgIpc) is 2.85. The van der Waals surface area contributed by atoms with Gasteiger partial charge in [0.15, 0.2) is 5.82 Å². The second-order valence-corrected chi connectivity index (χ2v) is 4.71. The number of anilines is 1. The van der Waals surface area contributed by atoms with Gasteiger partial charge in [-0.25, -0.2) is 8.78 Å². The van der Waals surface area contributed by atoms with E-state index in [2.05, 4.69) is 0 Å². The highest BCUT2D eigenvalue weighted by Crippen LogP contribution is 2.25. The molecule has 0 saturated heterocycles. The monoisotopic (exact) mass is 254 g/mol. The van der Waals surface area contributed by atoms with Gasteiger partial charge in [0.2, 0.25) is 0 Å². The van der Waals surface area contributed by atoms with Crippen LogP contribution in [0.4, 0.5) is 14.5 Å². The second-order valence-electron chi connectivity index (χ2n) is 4.71. The van der Waals surface area contributed by atoms with Crippen LogP contribution in [0.15, 0.2) is 12.1 Å². The number of nitrogens with zero attached hydrogens (tertiary/aromatic N) is 1. The van der Waals surface area contributed by atoms with Gasteiger partial charge in [-0.05, 0) is 25.0 Å². The molecule has 2 rings (SSSR count). The van der Waals surface area contributed by atoms with Gasteiger partial charge in [-0.3, -0.25) is 4.79 Å². The Balaban J connectivity index is 2.27. The van der Waals surface area contributed by atoms with Crippen molar-refractivity contribution in [2.24, 2.45) is 0 Å². The highest BCUT2D eigenvalue weighted by atomic mass is 19.1. The van der Waals surface area contributed by atoms with Crippen LogP contribution in [-0.2, 0) is 0 Å². The molecule has 0 unspecified atom stereocenters. The van der Waals surface area contributed by atoms with E-state index in [-0.39, 0.29) is 17.3 Å². The number of hydrogen-bond donors (Lipinski definition) is 1. The number of benzene rings is 1. The van der Waals surface area contributed by atoms with Gasteiger partial charge in [-0.1, -0.05) is 12.8 Å². The lowest BCUT2D eigenvalue weighted by molar-refractivity contribution is 0.0730. The number of nitrogens with two attached hydrogens (primary N) is 1. The summed E-state index contributed by atoms with van der Waals surface area (Å²) in [5.41, 5.74) is 4.70. The summed E-state index contributed by atoms with van der Waals surface area (Å²) in [6, 6.07) is 1.89. The van der Waals surface area contributed by atoms with E-state index in [9.17, 15) is 13.6 Å². The molecule has 1 aromatic carbocycles. The molecule has 0 bridgehead atoms. The molecular formula is C13H16F2N2O. The summed E-state index contributed by atoms with van der Waals surface area (Å²) in [6.45, 7) is 0. The summed E-state index contributed by atoms with van der Waals surface area (Å²) in [6.07, 6.45) is 3.95. The van der Waals surface area contributed by atoms with Crippen LogP contribution in [0.3, 0.4) is 0 Å². The van der Waals surface area contributed by atoms with Gasteiger partial charge in [-0.15, -0.1) is 0 Å². The first kappa shape index (κ1) is 12.8. The smallest absolute Gasteiger partial charge is 0.257 e. The molecule has 1 aliphatic carbocycles. The summed E-state index contributed by atoms with van der Waals surface area (Å²) in [4.78, 5) is 13.6. The minimum Gasteiger partial charge on any atom is -0.396 e. The third kappa shape index (κ3) is 2.30. The highest BCUT2D eigenvalue weighted by molar-refractivity contribution is 5.95. The molecule has 0 atom stereocenters. The van der Waals surface area contributed by atoms with Crippen molar-refractivity contribution < 1.29 is 13.6 Å². The SMILES string of the molecule is CN(C(=O)c1cc(F)cc(N)c1F)C1CCCC1. The normalized spacial score (nSPS) is 15.9. The van der Waals surface area contributed by atoms with Gasteiger partial charge in [0.1, 0.15) is 5.82 Å². The van der Waals surface area contributed by atoms with Gasteiger partial charge in [0.25, 0.3) is 5.91 Å². The number of amides is 1. The van der Waals surface area contributed by atoms with E-state index >= 15 is 0 Å². The molecule has 0 heterocycles. The Morgan fingerprint density at radius 1 is 1.33 bits per heavy atom. The molecular weight excluding hydrogens is 238 g/mol. The quantitative estimate of drug-likeness (QED) is 0.824. The maximum Gasteiger partial charge on any atom is 0.257 e. The molecule has 98 valence electrons. The van der Waals surface area contributed by atoms with Crippen LogP contribution in [0.2, 0.25) is 0 Å². The minimum absolute atomic E-state index is 0.112. The lowest BCUT2D eigenvalue weighted by atomic mass is 10.1. The zero-order valence-electron chi connectivity index (χ0n) is 10.2. The second kappa shape index (κ2) is 4.92. The van der Waals surface area contributed by atoms with Gasteiger partial charge < -0.3 is 10.6 Å². The first-order chi connectivity index (χ1) is 8.50. The van der Waals surface area contributed by atoms with E-state index in [1.54, 1.807) is 7.05 Å². The summed E-state index contributed by atoms with van der Waals surface area (Å²) < 4.78 is 26.9. The van der Waals surface area contributed by atoms with Gasteiger partial charge in [0.05, 0.1) is 11.3 Å². The van der Waals surface area contributed by atoms with Gasteiger partial charge >= 0.3 is 0 Å². The fraction of sp³-hybridized carbons (Fsp3) is 0.462. The predicted molar refractivity (Wildman–Crippen MR) is 65.1 cm³/mol. The molecule has 0 aromatic heterocycles. The number of hydrogen-bond acceptors (Lipinski definition) is 2. The number of rotatable bonds is 2. The molecule has 18 heavy (non-hydrogen) atoms. The van der Waals surface area contributed by atoms with Crippen molar-refractivity contribution in [1.82, 2.24) is 4.90 Å². The number of halogens is 2. The molecule has 0 spiro atoms. The molecule has 0 radical (unpaired) electrons. The van der Waals surface area contributed by atoms with Crippen molar-refractivity contribution in [3.63, 3.8) is 0 Å². The Labute approximate surface area is 105 Å². The Hall–Kier alpha value is -1.65. The van der Waals surface area contributed by atoms with Crippen LogP contribution in [-0.4, -0.2) is 23.9 Å². The Morgan fingerprint density at radius 3 is 2.56 bits per heavy atom. The molecule has 1 saturated carbocycles. The first-order valence-electron chi connectivity index (χ1n) is 6.02. The van der Waals surface area contributed by atoms with Gasteiger partial charge in [0, 0.05) is 13.1 Å². The molecule has 5 heteroatoms. The standard InChI is InChI=1S/C13H16F2N2O/c1-17(9-4-2-3-5-9)13(18)10-6-8(14)7-11(16)12(10)15/h6-7,9H,2-5,16H2,1H3. The summed E-state index contributed by atoms with van der Waals surface area (Å²) >= 11 is 0. The van der Waals surface area contributed by atoms with E-state index in [4.69, 9.17) is 5.73 Å². The van der Waals surface area contributed by atoms with E-state index in [1.807, 2.05) is 0 Å². The van der Waals surface area contributed by atoms with Crippen molar-refractivity contribution in [1.29, 1.82) is 0 Å². The van der Waals surface area contributed by atoms with Crippen LogP contribution in [0.5, 0.6) is 0 Å². The number of nitrogen functional groups attached to an aromatic ring is 1. The zero-order chi connectivity index (χ0) is 13.3. The van der Waals surface area contributed by atoms with Crippen LogP contribution in [0.1, 0.15) is 36.0 Å². The minimum atomic E-state index is -0.841. The van der Waals surface area contributed by atoms with Crippen molar-refractivity contribution in [3.05, 3.63) is 29.3 Å². The predicted octanol–water partition coefficient (Wildman–Crippen LogP) is 2.56. The lowest BCUT2D eigenvalue weighted by Crippen LogP contribution is -2.35. The fourth-order valence-corrected chi connectivity index (χ4v) is 2.41. The molecule has 1 amide bonds. The van der Waals surface area contributed by atoms with E-state index < -0.39 is 17.5 Å². The Bertz CT molecular complexity index is 470. The third-order valence-corrected chi connectivity index (χ3v) is 3.49. The number of carbonyl (C=O) groups is 1. The van der Waals surface area contributed by atoms with Crippen LogP contribution in [0, 0.1) is 11.6 Å². The maximum atomic E-state index is 13.7. The zero-order valence-corrected chi connectivity index (χ0v) is 10.2. The number of carbonyl (C=O) groups excluding carboxylic acids is 1. The van der Waals surface area contributed by atoms with E-state index in [0.717, 1.165) is 37.8 Å². The largest absolute Gasteiger partial charge is 0.396 e. The fourth-order valence-electron chi connectivity index (χ4n) is 2.41. The van der Waals surface area contributed by atoms with Crippen LogP contribution in [0.25, 0.3) is 0 Å². The first-order valence-corrected chi connectivity index (χ1v) is 6.02. The van der Waals surface area contributed by atoms with Crippen LogP contribution >= 0.6 is 0 Å². The average molecular weight is 254 g/mol. The molecule has 3 nitrogen and oxygen atoms in total. The van der Waals surface area contributed by atoms with Crippen molar-refractivity contribution in [2.45, 2.75) is 31.7 Å². The molecule has 1 fully saturated rings. The Kier molecular flexibility index (Phi) is 3.50. The molecule has 1 aromatic rings. The molecule has 1 aliphatic rings. The van der Waals surface area contributed by atoms with Crippen molar-refractivity contribution >= 4 is 11.6 Å². The van der Waals surface area contributed by atoms with Crippen LogP contribution < -0.4 is 5.73 Å². The highest BCUT2D eigenvalue weighted by Gasteiger charge is 2.26. The maximum absolute atomic E-state index is 13.7. The van der Waals surface area contributed by atoms with Crippen molar-refractivity contribution in [2.75, 3.05) is 12.8 Å². The van der Waals surface area contributed by atoms with Crippen molar-refractivity contribution in [3.8, 4) is 0 Å². The molecule has 0 aliphatic heterocycles. The summed E-state index contributed by atoms with van der Waals surface area (Å²) in [5.74, 6) is -2.05. The van der Waals surface area contributed by atoms with E-state index in [1.165, 1.54) is 4.90 Å². The topological polar surface area (TPSA) is 46.3 Å². The van der Waals surface area contributed by atoms with E-state index in [0.29, 0.717) is 0 Å². The Morgan fingerprint density at radius 2 is 1.94 bits per heavy atom. The summed E-state index contributed by atoms with van der Waals surface area (Å²) in [5, 5.41) is 0. The summed E-state index contributed by atoms with van der Waals surface area (Å²) in [7, 11) is 1.62. The lowest BCUT2D eigenvalue weighted by Gasteiger charge is -2.24. The van der Waals surface area contributed by atoms with Gasteiger partial charge in [-0.2, -0.15) is 0 Å².